The van der Waals surface area contributed by atoms with Crippen molar-refractivity contribution in [3.05, 3.63) is 12.3 Å². The van der Waals surface area contributed by atoms with Crippen molar-refractivity contribution in [1.82, 2.24) is 4.90 Å². The molecule has 0 N–H and O–H groups in total. The molecule has 0 aliphatic rings. The zero-order chi connectivity index (χ0) is 14.1. The molecular formula is C15H35NO. The number of unbranched alkanes of at least 4 members (excludes halogenated alkanes) is 1. The van der Waals surface area contributed by atoms with Gasteiger partial charge in [-0.15, -0.1) is 0 Å². The zero-order valence-electron chi connectivity index (χ0n) is 13.3. The maximum absolute atomic E-state index is 5.28. The Kier molecular flexibility index (Phi) is 26.7. The van der Waals surface area contributed by atoms with Crippen molar-refractivity contribution in [2.75, 3.05) is 26.2 Å². The normalized spacial score (nSPS) is 8.71. The van der Waals surface area contributed by atoms with Gasteiger partial charge in [0.25, 0.3) is 0 Å². The molecular weight excluding hydrogens is 210 g/mol. The summed E-state index contributed by atoms with van der Waals surface area (Å²) >= 11 is 0. The Hall–Kier alpha value is -0.500. The first-order chi connectivity index (χ1) is 8.20. The number of hydrogen-bond acceptors (Lipinski definition) is 2. The van der Waals surface area contributed by atoms with Crippen molar-refractivity contribution in [2.24, 2.45) is 0 Å². The topological polar surface area (TPSA) is 12.5 Å². The van der Waals surface area contributed by atoms with Crippen LogP contribution in [0.1, 0.15) is 61.3 Å². The first-order valence-electron chi connectivity index (χ1n) is 7.21. The monoisotopic (exact) mass is 245 g/mol. The van der Waals surface area contributed by atoms with Crippen LogP contribution >= 0.6 is 0 Å². The number of allylic oxidation sites excluding steroid dienone is 1. The number of rotatable bonds is 8. The summed E-state index contributed by atoms with van der Waals surface area (Å²) in [5.74, 6) is 0.822. The van der Waals surface area contributed by atoms with Gasteiger partial charge in [-0.3, -0.25) is 0 Å². The average Bonchev–Trinajstić information content (AvgIpc) is 2.38. The maximum Gasteiger partial charge on any atom is 0.0877 e. The fourth-order valence-corrected chi connectivity index (χ4v) is 1.22. The molecule has 0 saturated carbocycles. The van der Waals surface area contributed by atoms with Gasteiger partial charge in [0, 0.05) is 0 Å². The zero-order valence-corrected chi connectivity index (χ0v) is 13.3. The van der Waals surface area contributed by atoms with Crippen LogP contribution in [0.2, 0.25) is 0 Å². The highest BCUT2D eigenvalue weighted by Gasteiger charge is 1.97. The molecule has 17 heavy (non-hydrogen) atoms. The summed E-state index contributed by atoms with van der Waals surface area (Å²) in [5, 5.41) is 0. The van der Waals surface area contributed by atoms with Gasteiger partial charge in [-0.25, -0.2) is 0 Å². The Bertz CT molecular complexity index is 131. The van der Waals surface area contributed by atoms with E-state index in [0.717, 1.165) is 31.9 Å². The van der Waals surface area contributed by atoms with Gasteiger partial charge in [-0.1, -0.05) is 48.1 Å². The van der Waals surface area contributed by atoms with Gasteiger partial charge in [0.2, 0.25) is 0 Å². The van der Waals surface area contributed by atoms with Gasteiger partial charge in [-0.05, 0) is 39.4 Å². The van der Waals surface area contributed by atoms with Crippen LogP contribution in [0.15, 0.2) is 12.3 Å². The largest absolute Gasteiger partial charge is 0.499 e. The number of ether oxygens (including phenoxy) is 1. The second-order valence-electron chi connectivity index (χ2n) is 3.28. The molecule has 0 fully saturated rings. The van der Waals surface area contributed by atoms with E-state index in [9.17, 15) is 0 Å². The molecule has 0 aliphatic heterocycles. The molecule has 0 spiro atoms. The Morgan fingerprint density at radius 1 is 1.00 bits per heavy atom. The summed E-state index contributed by atoms with van der Waals surface area (Å²) in [6.07, 6.45) is 2.35. The molecule has 0 atom stereocenters. The smallest absolute Gasteiger partial charge is 0.0877 e. The molecule has 2 heteroatoms. The minimum Gasteiger partial charge on any atom is -0.499 e. The molecule has 0 aromatic rings. The standard InChI is InChI=1S/C11H23NO.2C2H6/c1-5-12(6-2)9-7-8-10-13-11(3)4;2*1-2/h3,5-10H2,1-2,4H3;2*1-2H3. The highest BCUT2D eigenvalue weighted by atomic mass is 16.5. The third kappa shape index (κ3) is 21.4. The van der Waals surface area contributed by atoms with Crippen LogP contribution in [0.3, 0.4) is 0 Å². The Morgan fingerprint density at radius 3 is 1.82 bits per heavy atom. The van der Waals surface area contributed by atoms with Crippen LogP contribution < -0.4 is 0 Å². The molecule has 0 aromatic heterocycles. The summed E-state index contributed by atoms with van der Waals surface area (Å²) in [7, 11) is 0. The molecule has 0 rings (SSSR count). The minimum atomic E-state index is 0.816. The van der Waals surface area contributed by atoms with Crippen molar-refractivity contribution >= 4 is 0 Å². The van der Waals surface area contributed by atoms with Crippen molar-refractivity contribution in [3.8, 4) is 0 Å². The molecule has 106 valence electrons. The molecule has 0 bridgehead atoms. The minimum absolute atomic E-state index is 0.816. The predicted octanol–water partition coefficient (Wildman–Crippen LogP) is 4.71. The Balaban J connectivity index is -0.000000439. The first-order valence-corrected chi connectivity index (χ1v) is 7.21. The van der Waals surface area contributed by atoms with Gasteiger partial charge in [0.1, 0.15) is 0 Å². The van der Waals surface area contributed by atoms with Gasteiger partial charge in [0.15, 0.2) is 0 Å². The predicted molar refractivity (Wildman–Crippen MR) is 80.5 cm³/mol. The van der Waals surface area contributed by atoms with Crippen LogP contribution in [0.5, 0.6) is 0 Å². The SMILES string of the molecule is C=C(C)OCCCCN(CC)CC.CC.CC. The van der Waals surface area contributed by atoms with Crippen molar-refractivity contribution in [2.45, 2.75) is 61.3 Å². The van der Waals surface area contributed by atoms with Crippen LogP contribution in [0.4, 0.5) is 0 Å². The van der Waals surface area contributed by atoms with E-state index in [0.29, 0.717) is 0 Å². The van der Waals surface area contributed by atoms with Crippen molar-refractivity contribution in [3.63, 3.8) is 0 Å². The first kappa shape index (κ1) is 21.8. The summed E-state index contributed by atoms with van der Waals surface area (Å²) < 4.78 is 5.28. The van der Waals surface area contributed by atoms with E-state index in [1.165, 1.54) is 13.0 Å². The highest BCUT2D eigenvalue weighted by Crippen LogP contribution is 1.98. The van der Waals surface area contributed by atoms with Crippen molar-refractivity contribution < 1.29 is 4.74 Å². The molecule has 0 saturated heterocycles. The van der Waals surface area contributed by atoms with E-state index in [4.69, 9.17) is 4.74 Å². The van der Waals surface area contributed by atoms with Gasteiger partial charge >= 0.3 is 0 Å². The van der Waals surface area contributed by atoms with E-state index in [1.807, 2.05) is 34.6 Å². The molecule has 2 nitrogen and oxygen atoms in total. The quantitative estimate of drug-likeness (QED) is 0.453. The fourth-order valence-electron chi connectivity index (χ4n) is 1.22. The van der Waals surface area contributed by atoms with Crippen LogP contribution in [-0.2, 0) is 4.74 Å². The average molecular weight is 245 g/mol. The van der Waals surface area contributed by atoms with E-state index >= 15 is 0 Å². The summed E-state index contributed by atoms with van der Waals surface area (Å²) in [6.45, 7) is 22.3. The van der Waals surface area contributed by atoms with Gasteiger partial charge in [-0.2, -0.15) is 0 Å². The van der Waals surface area contributed by atoms with Crippen LogP contribution in [-0.4, -0.2) is 31.1 Å². The lowest BCUT2D eigenvalue weighted by atomic mass is 10.3. The number of hydrogen-bond donors (Lipinski definition) is 0. The summed E-state index contributed by atoms with van der Waals surface area (Å²) in [6, 6.07) is 0. The third-order valence-electron chi connectivity index (χ3n) is 2.11. The van der Waals surface area contributed by atoms with Gasteiger partial charge in [0.05, 0.1) is 12.4 Å². The van der Waals surface area contributed by atoms with E-state index in [1.54, 1.807) is 0 Å². The maximum atomic E-state index is 5.28. The second kappa shape index (κ2) is 20.9. The molecule has 0 heterocycles. The lowest BCUT2D eigenvalue weighted by Gasteiger charge is -2.17. The molecule has 0 radical (unpaired) electrons. The van der Waals surface area contributed by atoms with Crippen LogP contribution in [0, 0.1) is 0 Å². The Labute approximate surface area is 110 Å². The summed E-state index contributed by atoms with van der Waals surface area (Å²) in [5.41, 5.74) is 0. The number of nitrogens with zero attached hydrogens (tertiary/aromatic N) is 1. The highest BCUT2D eigenvalue weighted by molar-refractivity contribution is 4.73. The molecule has 0 amide bonds. The molecule has 0 unspecified atom stereocenters. The van der Waals surface area contributed by atoms with Gasteiger partial charge < -0.3 is 9.64 Å². The van der Waals surface area contributed by atoms with E-state index in [-0.39, 0.29) is 0 Å². The second-order valence-corrected chi connectivity index (χ2v) is 3.28. The van der Waals surface area contributed by atoms with Crippen molar-refractivity contribution in [1.29, 1.82) is 0 Å². The van der Waals surface area contributed by atoms with E-state index in [2.05, 4.69) is 25.3 Å². The van der Waals surface area contributed by atoms with E-state index < -0.39 is 0 Å². The fraction of sp³-hybridized carbons (Fsp3) is 0.867. The Morgan fingerprint density at radius 2 is 1.47 bits per heavy atom. The lowest BCUT2D eigenvalue weighted by Crippen LogP contribution is -2.24. The molecule has 0 aromatic carbocycles. The molecule has 0 aliphatic carbocycles. The third-order valence-corrected chi connectivity index (χ3v) is 2.11. The van der Waals surface area contributed by atoms with Crippen LogP contribution in [0.25, 0.3) is 0 Å². The summed E-state index contributed by atoms with van der Waals surface area (Å²) in [4.78, 5) is 2.43. The lowest BCUT2D eigenvalue weighted by molar-refractivity contribution is 0.200.